The smallest absolute Gasteiger partial charge is 0.138 e. The summed E-state index contributed by atoms with van der Waals surface area (Å²) in [6.07, 6.45) is 2.82. The molecule has 0 aliphatic carbocycles. The lowest BCUT2D eigenvalue weighted by Crippen LogP contribution is -2.04. The van der Waals surface area contributed by atoms with Crippen LogP contribution in [0.1, 0.15) is 19.3 Å². The Labute approximate surface area is 103 Å². The predicted molar refractivity (Wildman–Crippen MR) is 68.5 cm³/mol. The highest BCUT2D eigenvalue weighted by Gasteiger charge is 2.03. The minimum Gasteiger partial charge on any atom is -0.396 e. The molecule has 0 unspecified atom stereocenters. The van der Waals surface area contributed by atoms with Gasteiger partial charge >= 0.3 is 0 Å². The average molecular weight is 323 g/mol. The van der Waals surface area contributed by atoms with Gasteiger partial charge in [-0.2, -0.15) is 0 Å². The Morgan fingerprint density at radius 2 is 2.07 bits per heavy atom. The molecule has 1 aromatic rings. The molecule has 0 amide bonds. The van der Waals surface area contributed by atoms with E-state index in [0.717, 1.165) is 31.5 Å². The van der Waals surface area contributed by atoms with Crippen LogP contribution in [0.2, 0.25) is 0 Å². The zero-order valence-corrected chi connectivity index (χ0v) is 10.6. The number of anilines is 1. The zero-order valence-electron chi connectivity index (χ0n) is 8.47. The molecule has 0 saturated heterocycles. The molecule has 0 heterocycles. The second-order valence-electron chi connectivity index (χ2n) is 3.31. The summed E-state index contributed by atoms with van der Waals surface area (Å²) in [6, 6.07) is 5.03. The van der Waals surface area contributed by atoms with Crippen LogP contribution in [0.25, 0.3) is 0 Å². The van der Waals surface area contributed by atoms with Gasteiger partial charge in [-0.25, -0.2) is 4.39 Å². The maximum Gasteiger partial charge on any atom is 0.138 e. The minimum atomic E-state index is -0.184. The van der Waals surface area contributed by atoms with Crippen LogP contribution < -0.4 is 5.32 Å². The highest BCUT2D eigenvalue weighted by Crippen LogP contribution is 2.20. The number of nitrogens with one attached hydrogen (secondary N) is 1. The van der Waals surface area contributed by atoms with Gasteiger partial charge < -0.3 is 10.4 Å². The maximum atomic E-state index is 13.1. The van der Waals surface area contributed by atoms with E-state index < -0.39 is 0 Å². The van der Waals surface area contributed by atoms with E-state index in [4.69, 9.17) is 5.11 Å². The summed E-state index contributed by atoms with van der Waals surface area (Å²) in [7, 11) is 0. The first kappa shape index (κ1) is 12.7. The van der Waals surface area contributed by atoms with E-state index in [0.29, 0.717) is 3.57 Å². The molecule has 84 valence electrons. The van der Waals surface area contributed by atoms with Crippen LogP contribution in [-0.2, 0) is 0 Å². The molecule has 1 rings (SSSR count). The molecule has 15 heavy (non-hydrogen) atoms. The molecular formula is C11H15FINO. The lowest BCUT2D eigenvalue weighted by atomic mass is 10.2. The van der Waals surface area contributed by atoms with E-state index in [-0.39, 0.29) is 12.4 Å². The Morgan fingerprint density at radius 1 is 1.27 bits per heavy atom. The van der Waals surface area contributed by atoms with E-state index >= 15 is 0 Å². The van der Waals surface area contributed by atoms with Crippen molar-refractivity contribution in [2.24, 2.45) is 0 Å². The highest BCUT2D eigenvalue weighted by molar-refractivity contribution is 14.1. The Bertz CT molecular complexity index is 307. The number of hydrogen-bond acceptors (Lipinski definition) is 2. The fourth-order valence-electron chi connectivity index (χ4n) is 1.28. The minimum absolute atomic E-state index is 0.184. The largest absolute Gasteiger partial charge is 0.396 e. The molecule has 2 nitrogen and oxygen atoms in total. The normalized spacial score (nSPS) is 10.3. The third-order valence-electron chi connectivity index (χ3n) is 2.10. The molecule has 0 fully saturated rings. The third kappa shape index (κ3) is 4.34. The zero-order chi connectivity index (χ0) is 11.1. The lowest BCUT2D eigenvalue weighted by molar-refractivity contribution is 0.283. The van der Waals surface area contributed by atoms with Crippen molar-refractivity contribution >= 4 is 28.3 Å². The summed E-state index contributed by atoms with van der Waals surface area (Å²) >= 11 is 2.00. The second kappa shape index (κ2) is 7.00. The number of benzene rings is 1. The van der Waals surface area contributed by atoms with Crippen molar-refractivity contribution in [3.05, 3.63) is 27.6 Å². The standard InChI is InChI=1S/C11H15FINO/c12-9-5-4-6-10(11(9)13)14-7-2-1-3-8-15/h4-6,14-15H,1-3,7-8H2. The van der Waals surface area contributed by atoms with Crippen LogP contribution >= 0.6 is 22.6 Å². The molecular weight excluding hydrogens is 308 g/mol. The van der Waals surface area contributed by atoms with Gasteiger partial charge in [0.2, 0.25) is 0 Å². The van der Waals surface area contributed by atoms with Crippen molar-refractivity contribution in [1.82, 2.24) is 0 Å². The van der Waals surface area contributed by atoms with Gasteiger partial charge in [-0.15, -0.1) is 0 Å². The van der Waals surface area contributed by atoms with Gasteiger partial charge in [-0.3, -0.25) is 0 Å². The second-order valence-corrected chi connectivity index (χ2v) is 4.39. The SMILES string of the molecule is OCCCCCNc1cccc(F)c1I. The number of rotatable bonds is 6. The first-order valence-corrected chi connectivity index (χ1v) is 6.12. The van der Waals surface area contributed by atoms with Gasteiger partial charge in [0.05, 0.1) is 9.26 Å². The number of unbranched alkanes of at least 4 members (excludes halogenated alkanes) is 2. The maximum absolute atomic E-state index is 13.1. The Kier molecular flexibility index (Phi) is 5.93. The summed E-state index contributed by atoms with van der Waals surface area (Å²) in [5, 5.41) is 11.8. The monoisotopic (exact) mass is 323 g/mol. The van der Waals surface area contributed by atoms with E-state index in [9.17, 15) is 4.39 Å². The Balaban J connectivity index is 2.34. The van der Waals surface area contributed by atoms with E-state index in [1.807, 2.05) is 28.7 Å². The van der Waals surface area contributed by atoms with Gasteiger partial charge in [-0.1, -0.05) is 6.07 Å². The van der Waals surface area contributed by atoms with Gasteiger partial charge in [0, 0.05) is 13.2 Å². The highest BCUT2D eigenvalue weighted by atomic mass is 127. The molecule has 0 aromatic heterocycles. The summed E-state index contributed by atoms with van der Waals surface area (Å²) in [5.74, 6) is -0.184. The average Bonchev–Trinajstić information content (AvgIpc) is 2.24. The molecule has 0 saturated carbocycles. The van der Waals surface area contributed by atoms with Gasteiger partial charge in [0.25, 0.3) is 0 Å². The first-order chi connectivity index (χ1) is 7.25. The molecule has 2 N–H and O–H groups in total. The van der Waals surface area contributed by atoms with Crippen LogP contribution in [0.15, 0.2) is 18.2 Å². The molecule has 4 heteroatoms. The predicted octanol–water partition coefficient (Wildman–Crippen LogP) is 3.00. The van der Waals surface area contributed by atoms with Gasteiger partial charge in [0.15, 0.2) is 0 Å². The summed E-state index contributed by atoms with van der Waals surface area (Å²) < 4.78 is 13.8. The van der Waals surface area contributed by atoms with Crippen LogP contribution in [0.5, 0.6) is 0 Å². The van der Waals surface area contributed by atoms with Crippen molar-refractivity contribution in [2.75, 3.05) is 18.5 Å². The molecule has 0 aliphatic rings. The topological polar surface area (TPSA) is 32.3 Å². The van der Waals surface area contributed by atoms with Crippen molar-refractivity contribution in [2.45, 2.75) is 19.3 Å². The number of aliphatic hydroxyl groups is 1. The number of aliphatic hydroxyl groups excluding tert-OH is 1. The van der Waals surface area contributed by atoms with E-state index in [1.165, 1.54) is 6.07 Å². The first-order valence-electron chi connectivity index (χ1n) is 5.04. The van der Waals surface area contributed by atoms with Crippen molar-refractivity contribution in [3.63, 3.8) is 0 Å². The Hall–Kier alpha value is -0.360. The molecule has 0 spiro atoms. The van der Waals surface area contributed by atoms with Gasteiger partial charge in [-0.05, 0) is 54.0 Å². The fourth-order valence-corrected chi connectivity index (χ4v) is 1.83. The molecule has 0 radical (unpaired) electrons. The fraction of sp³-hybridized carbons (Fsp3) is 0.455. The van der Waals surface area contributed by atoms with Crippen molar-refractivity contribution in [1.29, 1.82) is 0 Å². The quantitative estimate of drug-likeness (QED) is 0.623. The van der Waals surface area contributed by atoms with Crippen LogP contribution in [0, 0.1) is 9.39 Å². The Morgan fingerprint density at radius 3 is 2.80 bits per heavy atom. The number of halogens is 2. The van der Waals surface area contributed by atoms with Crippen LogP contribution in [0.4, 0.5) is 10.1 Å². The van der Waals surface area contributed by atoms with Gasteiger partial charge in [0.1, 0.15) is 5.82 Å². The van der Waals surface area contributed by atoms with Crippen molar-refractivity contribution in [3.8, 4) is 0 Å². The number of hydrogen-bond donors (Lipinski definition) is 2. The summed E-state index contributed by atoms with van der Waals surface area (Å²) in [4.78, 5) is 0. The van der Waals surface area contributed by atoms with Crippen LogP contribution in [0.3, 0.4) is 0 Å². The molecule has 0 aliphatic heterocycles. The summed E-state index contributed by atoms with van der Waals surface area (Å²) in [5.41, 5.74) is 0.847. The lowest BCUT2D eigenvalue weighted by Gasteiger charge is -2.08. The summed E-state index contributed by atoms with van der Waals surface area (Å²) in [6.45, 7) is 1.07. The molecule has 1 aromatic carbocycles. The molecule has 0 bridgehead atoms. The molecule has 0 atom stereocenters. The van der Waals surface area contributed by atoms with E-state index in [1.54, 1.807) is 6.07 Å². The van der Waals surface area contributed by atoms with Crippen LogP contribution in [-0.4, -0.2) is 18.3 Å². The van der Waals surface area contributed by atoms with Crippen molar-refractivity contribution < 1.29 is 9.50 Å². The van der Waals surface area contributed by atoms with E-state index in [2.05, 4.69) is 5.32 Å². The third-order valence-corrected chi connectivity index (χ3v) is 3.20.